The minimum absolute atomic E-state index is 0.0266. The first-order chi connectivity index (χ1) is 14.7. The van der Waals surface area contributed by atoms with E-state index in [1.165, 1.54) is 11.3 Å². The summed E-state index contributed by atoms with van der Waals surface area (Å²) < 4.78 is 0. The van der Waals surface area contributed by atoms with Crippen LogP contribution < -0.4 is 5.32 Å². The number of nitrogens with one attached hydrogen (secondary N) is 2. The van der Waals surface area contributed by atoms with E-state index in [4.69, 9.17) is 0 Å². The summed E-state index contributed by atoms with van der Waals surface area (Å²) in [6, 6.07) is 5.29. The molecule has 2 N–H and O–H groups in total. The highest BCUT2D eigenvalue weighted by Gasteiger charge is 2.61. The summed E-state index contributed by atoms with van der Waals surface area (Å²) in [6.07, 6.45) is 7.84. The third-order valence-electron chi connectivity index (χ3n) is 6.31. The Morgan fingerprint density at radius 3 is 2.97 bits per heavy atom. The first-order valence-corrected chi connectivity index (χ1v) is 11.0. The van der Waals surface area contributed by atoms with Crippen molar-refractivity contribution in [2.75, 3.05) is 0 Å². The number of thiazole rings is 1. The summed E-state index contributed by atoms with van der Waals surface area (Å²) in [5.74, 6) is -0.0709. The highest BCUT2D eigenvalue weighted by atomic mass is 32.1. The fourth-order valence-corrected chi connectivity index (χ4v) is 5.58. The van der Waals surface area contributed by atoms with Crippen LogP contribution in [0.5, 0.6) is 0 Å². The predicted molar refractivity (Wildman–Crippen MR) is 111 cm³/mol. The summed E-state index contributed by atoms with van der Waals surface area (Å²) in [4.78, 5) is 37.3. The zero-order chi connectivity index (χ0) is 20.6. The van der Waals surface area contributed by atoms with E-state index in [1.807, 2.05) is 16.3 Å². The van der Waals surface area contributed by atoms with E-state index in [1.54, 1.807) is 36.2 Å². The van der Waals surface area contributed by atoms with E-state index in [-0.39, 0.29) is 23.9 Å². The van der Waals surface area contributed by atoms with Crippen LogP contribution in [0, 0.1) is 5.41 Å². The van der Waals surface area contributed by atoms with Crippen molar-refractivity contribution in [2.24, 2.45) is 5.41 Å². The molecule has 2 bridgehead atoms. The van der Waals surface area contributed by atoms with Crippen LogP contribution in [-0.4, -0.2) is 49.0 Å². The number of amides is 2. The molecule has 3 aromatic rings. The van der Waals surface area contributed by atoms with Crippen molar-refractivity contribution in [1.29, 1.82) is 0 Å². The molecule has 3 atom stereocenters. The van der Waals surface area contributed by atoms with Crippen LogP contribution in [-0.2, 0) is 17.8 Å². The number of rotatable bonds is 6. The van der Waals surface area contributed by atoms with Gasteiger partial charge in [0.25, 0.3) is 5.91 Å². The fourth-order valence-electron chi connectivity index (χ4n) is 5.03. The summed E-state index contributed by atoms with van der Waals surface area (Å²) >= 11 is 1.52. The van der Waals surface area contributed by atoms with Gasteiger partial charge in [0, 0.05) is 42.5 Å². The number of hydrogen-bond acceptors (Lipinski definition) is 6. The average molecular weight is 423 g/mol. The number of aromatic nitrogens is 4. The molecule has 2 aliphatic heterocycles. The largest absolute Gasteiger partial charge is 0.350 e. The summed E-state index contributed by atoms with van der Waals surface area (Å²) in [5, 5.41) is 11.9. The third-order valence-corrected chi connectivity index (χ3v) is 6.95. The van der Waals surface area contributed by atoms with Gasteiger partial charge in [-0.15, -0.1) is 11.3 Å². The molecule has 0 aromatic carbocycles. The van der Waals surface area contributed by atoms with Crippen molar-refractivity contribution in [3.63, 3.8) is 0 Å². The van der Waals surface area contributed by atoms with Crippen molar-refractivity contribution in [2.45, 2.75) is 44.3 Å². The Morgan fingerprint density at radius 1 is 1.30 bits per heavy atom. The number of hydrogen-bond donors (Lipinski definition) is 2. The molecule has 2 amide bonds. The zero-order valence-electron chi connectivity index (χ0n) is 16.3. The number of aromatic amines is 1. The van der Waals surface area contributed by atoms with Crippen molar-refractivity contribution in [3.8, 4) is 0 Å². The van der Waals surface area contributed by atoms with Crippen LogP contribution in [0.25, 0.3) is 0 Å². The van der Waals surface area contributed by atoms with Crippen LogP contribution in [0.4, 0.5) is 0 Å². The number of H-pyrrole nitrogens is 1. The van der Waals surface area contributed by atoms with Crippen LogP contribution in [0.15, 0.2) is 47.7 Å². The topological polar surface area (TPSA) is 104 Å². The van der Waals surface area contributed by atoms with E-state index in [9.17, 15) is 9.59 Å². The highest BCUT2D eigenvalue weighted by molar-refractivity contribution is 7.07. The molecule has 2 fully saturated rings. The van der Waals surface area contributed by atoms with E-state index in [0.717, 1.165) is 24.2 Å². The summed E-state index contributed by atoms with van der Waals surface area (Å²) in [6.45, 7) is 0.381. The summed E-state index contributed by atoms with van der Waals surface area (Å²) in [5.41, 5.74) is 3.42. The fraction of sp³-hybridized carbons (Fsp3) is 0.381. The van der Waals surface area contributed by atoms with Gasteiger partial charge < -0.3 is 10.2 Å². The van der Waals surface area contributed by atoms with Gasteiger partial charge in [0.05, 0.1) is 34.4 Å². The Bertz CT molecular complexity index is 1020. The minimum Gasteiger partial charge on any atom is -0.350 e. The van der Waals surface area contributed by atoms with Crippen molar-refractivity contribution in [1.82, 2.24) is 30.4 Å². The standard InChI is InChI=1S/C21H22N6O2S/c28-19(14-2-1-6-22-10-14)27-17-3-4-18(27)21(9-17,8-16-12-30-13-24-16)20(29)23-11-15-5-7-25-26-15/h1-2,5-7,10,12-13,17-18H,3-4,8-9,11H2,(H,23,29)(H,25,26)/t17-,18+,21+/m1/s1. The van der Waals surface area contributed by atoms with Gasteiger partial charge in [0.2, 0.25) is 5.91 Å². The number of fused-ring (bicyclic) bond motifs is 2. The van der Waals surface area contributed by atoms with Crippen molar-refractivity contribution in [3.05, 3.63) is 64.6 Å². The third kappa shape index (κ3) is 3.19. The second-order valence-corrected chi connectivity index (χ2v) is 8.70. The molecule has 30 heavy (non-hydrogen) atoms. The van der Waals surface area contributed by atoms with Gasteiger partial charge in [-0.05, 0) is 37.5 Å². The SMILES string of the molecule is O=C(c1cccnc1)N1[C@@H]2CC[C@H]1[C@@](Cc1cscn1)(C(=O)NCc1ccn[nH]1)C2. The number of carbonyl (C=O) groups is 2. The molecule has 2 saturated heterocycles. The monoisotopic (exact) mass is 422 g/mol. The molecule has 0 aliphatic carbocycles. The molecule has 0 radical (unpaired) electrons. The van der Waals surface area contributed by atoms with Gasteiger partial charge in [-0.2, -0.15) is 5.10 Å². The predicted octanol–water partition coefficient (Wildman–Crippen LogP) is 2.18. The Balaban J connectivity index is 1.44. The molecule has 3 aromatic heterocycles. The molecular formula is C21H22N6O2S. The maximum absolute atomic E-state index is 13.6. The van der Waals surface area contributed by atoms with Crippen LogP contribution >= 0.6 is 11.3 Å². The lowest BCUT2D eigenvalue weighted by Crippen LogP contribution is -2.51. The molecule has 9 heteroatoms. The van der Waals surface area contributed by atoms with Gasteiger partial charge in [0.1, 0.15) is 0 Å². The maximum atomic E-state index is 13.6. The number of nitrogens with zero attached hydrogens (tertiary/aromatic N) is 4. The van der Waals surface area contributed by atoms with Crippen molar-refractivity contribution < 1.29 is 9.59 Å². The Kier molecular flexibility index (Phi) is 4.82. The lowest BCUT2D eigenvalue weighted by Gasteiger charge is -2.35. The van der Waals surface area contributed by atoms with Gasteiger partial charge in [-0.1, -0.05) is 0 Å². The van der Waals surface area contributed by atoms with Gasteiger partial charge in [-0.25, -0.2) is 4.98 Å². The second kappa shape index (κ2) is 7.64. The maximum Gasteiger partial charge on any atom is 0.255 e. The van der Waals surface area contributed by atoms with Crippen LogP contribution in [0.1, 0.15) is 41.0 Å². The molecule has 5 rings (SSSR count). The molecule has 0 spiro atoms. The number of carbonyl (C=O) groups excluding carboxylic acids is 2. The molecule has 5 heterocycles. The normalized spacial score (nSPS) is 24.9. The summed E-state index contributed by atoms with van der Waals surface area (Å²) in [7, 11) is 0. The molecule has 2 aliphatic rings. The van der Waals surface area contributed by atoms with E-state index < -0.39 is 5.41 Å². The second-order valence-electron chi connectivity index (χ2n) is 7.98. The van der Waals surface area contributed by atoms with Crippen molar-refractivity contribution >= 4 is 23.2 Å². The van der Waals surface area contributed by atoms with E-state index in [0.29, 0.717) is 24.9 Å². The molecular weight excluding hydrogens is 400 g/mol. The average Bonchev–Trinajstić information content (AvgIpc) is 3.57. The lowest BCUT2D eigenvalue weighted by atomic mass is 9.70. The smallest absolute Gasteiger partial charge is 0.255 e. The zero-order valence-corrected chi connectivity index (χ0v) is 17.1. The van der Waals surface area contributed by atoms with Gasteiger partial charge >= 0.3 is 0 Å². The molecule has 8 nitrogen and oxygen atoms in total. The quantitative estimate of drug-likeness (QED) is 0.634. The highest BCUT2D eigenvalue weighted by Crippen LogP contribution is 2.52. The number of pyridine rings is 1. The van der Waals surface area contributed by atoms with E-state index in [2.05, 4.69) is 25.5 Å². The first-order valence-electron chi connectivity index (χ1n) is 10.0. The molecule has 154 valence electrons. The molecule has 0 saturated carbocycles. The lowest BCUT2D eigenvalue weighted by molar-refractivity contribution is -0.133. The van der Waals surface area contributed by atoms with Crippen LogP contribution in [0.2, 0.25) is 0 Å². The molecule has 0 unspecified atom stereocenters. The Morgan fingerprint density at radius 2 is 2.23 bits per heavy atom. The minimum atomic E-state index is -0.686. The van der Waals surface area contributed by atoms with Crippen LogP contribution in [0.3, 0.4) is 0 Å². The van der Waals surface area contributed by atoms with Gasteiger partial charge in [0.15, 0.2) is 0 Å². The van der Waals surface area contributed by atoms with E-state index >= 15 is 0 Å². The van der Waals surface area contributed by atoms with Gasteiger partial charge in [-0.3, -0.25) is 19.7 Å². The Labute approximate surface area is 177 Å². The first kappa shape index (κ1) is 18.9. The Hall–Kier alpha value is -3.07.